The lowest BCUT2D eigenvalue weighted by Gasteiger charge is -1.89. The predicted octanol–water partition coefficient (Wildman–Crippen LogP) is 2.14. The third-order valence-corrected chi connectivity index (χ3v) is 2.60. The zero-order valence-electron chi connectivity index (χ0n) is 8.42. The van der Waals surface area contributed by atoms with E-state index < -0.39 is 0 Å². The van der Waals surface area contributed by atoms with Crippen molar-refractivity contribution in [1.29, 1.82) is 0 Å². The van der Waals surface area contributed by atoms with Gasteiger partial charge in [-0.25, -0.2) is 0 Å². The SMILES string of the molecule is O=c1c2ccncc2ccc2ncccc12. The van der Waals surface area contributed by atoms with E-state index in [1.54, 1.807) is 36.8 Å². The van der Waals surface area contributed by atoms with Gasteiger partial charge >= 0.3 is 0 Å². The monoisotopic (exact) mass is 208 g/mol. The first-order valence-electron chi connectivity index (χ1n) is 4.98. The summed E-state index contributed by atoms with van der Waals surface area (Å²) in [5.74, 6) is 0. The molecule has 1 aromatic carbocycles. The molecule has 0 atom stereocenters. The van der Waals surface area contributed by atoms with Crippen molar-refractivity contribution in [2.45, 2.75) is 0 Å². The molecule has 3 rings (SSSR count). The Morgan fingerprint density at radius 1 is 0.938 bits per heavy atom. The molecule has 0 radical (unpaired) electrons. The summed E-state index contributed by atoms with van der Waals surface area (Å²) < 4.78 is 0. The molecule has 0 unspecified atom stereocenters. The molecule has 0 saturated heterocycles. The summed E-state index contributed by atoms with van der Waals surface area (Å²) in [7, 11) is 0. The molecule has 3 heteroatoms. The molecule has 0 fully saturated rings. The fourth-order valence-electron chi connectivity index (χ4n) is 1.80. The summed E-state index contributed by atoms with van der Waals surface area (Å²) in [6.07, 6.45) is 5.01. The smallest absolute Gasteiger partial charge is 0.195 e. The van der Waals surface area contributed by atoms with Crippen molar-refractivity contribution in [3.63, 3.8) is 0 Å². The Hall–Kier alpha value is -2.29. The first kappa shape index (κ1) is 8.97. The van der Waals surface area contributed by atoms with E-state index in [1.807, 2.05) is 12.1 Å². The largest absolute Gasteiger partial charge is 0.289 e. The van der Waals surface area contributed by atoms with E-state index in [2.05, 4.69) is 9.97 Å². The number of pyridine rings is 2. The highest BCUT2D eigenvalue weighted by molar-refractivity contribution is 5.90. The standard InChI is InChI=1S/C13H8N2O/c16-13-10-5-7-14-8-9(10)3-4-12-11(13)2-1-6-15-12/h1-8H. The second-order valence-electron chi connectivity index (χ2n) is 3.56. The van der Waals surface area contributed by atoms with Gasteiger partial charge in [0.05, 0.1) is 5.52 Å². The second kappa shape index (κ2) is 3.38. The van der Waals surface area contributed by atoms with Gasteiger partial charge < -0.3 is 0 Å². The molecular weight excluding hydrogens is 200 g/mol. The number of hydrogen-bond acceptors (Lipinski definition) is 3. The van der Waals surface area contributed by atoms with E-state index in [1.165, 1.54) is 0 Å². The van der Waals surface area contributed by atoms with Gasteiger partial charge in [0.15, 0.2) is 5.43 Å². The van der Waals surface area contributed by atoms with E-state index in [0.717, 1.165) is 5.39 Å². The third-order valence-electron chi connectivity index (χ3n) is 2.60. The minimum absolute atomic E-state index is 0.00509. The maximum Gasteiger partial charge on any atom is 0.195 e. The fraction of sp³-hybridized carbons (Fsp3) is 0. The molecule has 0 aliphatic heterocycles. The van der Waals surface area contributed by atoms with Crippen LogP contribution in [-0.2, 0) is 0 Å². The van der Waals surface area contributed by atoms with Crippen LogP contribution < -0.4 is 5.43 Å². The first-order chi connectivity index (χ1) is 7.86. The lowest BCUT2D eigenvalue weighted by atomic mass is 10.2. The molecule has 2 aromatic heterocycles. The van der Waals surface area contributed by atoms with Crippen molar-refractivity contribution < 1.29 is 0 Å². The second-order valence-corrected chi connectivity index (χ2v) is 3.56. The van der Waals surface area contributed by atoms with Crippen molar-refractivity contribution in [3.05, 3.63) is 59.1 Å². The predicted molar refractivity (Wildman–Crippen MR) is 63.3 cm³/mol. The molecule has 0 amide bonds. The number of fused-ring (bicyclic) bond motifs is 2. The average molecular weight is 208 g/mol. The van der Waals surface area contributed by atoms with Crippen molar-refractivity contribution in [2.75, 3.05) is 0 Å². The fourth-order valence-corrected chi connectivity index (χ4v) is 1.80. The molecular formula is C13H8N2O. The highest BCUT2D eigenvalue weighted by Crippen LogP contribution is 2.11. The number of hydrogen-bond donors (Lipinski definition) is 0. The molecule has 16 heavy (non-hydrogen) atoms. The van der Waals surface area contributed by atoms with Crippen molar-refractivity contribution >= 4 is 21.7 Å². The van der Waals surface area contributed by atoms with Crippen LogP contribution >= 0.6 is 0 Å². The molecule has 2 heterocycles. The van der Waals surface area contributed by atoms with Crippen LogP contribution in [0.3, 0.4) is 0 Å². The topological polar surface area (TPSA) is 42.9 Å². The summed E-state index contributed by atoms with van der Waals surface area (Å²) in [5.41, 5.74) is 0.717. The lowest BCUT2D eigenvalue weighted by Crippen LogP contribution is -1.98. The molecule has 3 nitrogen and oxygen atoms in total. The van der Waals surface area contributed by atoms with Crippen LogP contribution in [0.25, 0.3) is 21.7 Å². The van der Waals surface area contributed by atoms with Gasteiger partial charge in [-0.05, 0) is 24.3 Å². The number of aromatic nitrogens is 2. The maximum atomic E-state index is 12.2. The highest BCUT2D eigenvalue weighted by Gasteiger charge is 2.01. The third kappa shape index (κ3) is 1.26. The van der Waals surface area contributed by atoms with Gasteiger partial charge in [-0.3, -0.25) is 14.8 Å². The van der Waals surface area contributed by atoms with Crippen LogP contribution in [0.2, 0.25) is 0 Å². The molecule has 0 spiro atoms. The van der Waals surface area contributed by atoms with E-state index in [0.29, 0.717) is 16.3 Å². The Morgan fingerprint density at radius 3 is 2.81 bits per heavy atom. The van der Waals surface area contributed by atoms with Gasteiger partial charge in [-0.2, -0.15) is 0 Å². The normalized spacial score (nSPS) is 10.8. The van der Waals surface area contributed by atoms with Crippen LogP contribution in [0.4, 0.5) is 0 Å². The zero-order chi connectivity index (χ0) is 11.0. The summed E-state index contributed by atoms with van der Waals surface area (Å²) >= 11 is 0. The van der Waals surface area contributed by atoms with Crippen LogP contribution in [0.5, 0.6) is 0 Å². The molecule has 0 aliphatic carbocycles. The van der Waals surface area contributed by atoms with Crippen LogP contribution in [0.15, 0.2) is 53.7 Å². The lowest BCUT2D eigenvalue weighted by molar-refractivity contribution is 1.36. The van der Waals surface area contributed by atoms with Gasteiger partial charge in [-0.1, -0.05) is 6.07 Å². The number of rotatable bonds is 0. The molecule has 0 bridgehead atoms. The van der Waals surface area contributed by atoms with Gasteiger partial charge in [-0.15, -0.1) is 0 Å². The van der Waals surface area contributed by atoms with Crippen LogP contribution in [0, 0.1) is 0 Å². The van der Waals surface area contributed by atoms with Gasteiger partial charge in [0.1, 0.15) is 0 Å². The van der Waals surface area contributed by atoms with Crippen LogP contribution in [0.1, 0.15) is 0 Å². The summed E-state index contributed by atoms with van der Waals surface area (Å²) in [6.45, 7) is 0. The minimum Gasteiger partial charge on any atom is -0.289 e. The molecule has 3 aromatic rings. The molecule has 76 valence electrons. The first-order valence-corrected chi connectivity index (χ1v) is 4.98. The van der Waals surface area contributed by atoms with E-state index in [4.69, 9.17) is 0 Å². The Morgan fingerprint density at radius 2 is 1.88 bits per heavy atom. The van der Waals surface area contributed by atoms with Crippen molar-refractivity contribution in [2.24, 2.45) is 0 Å². The Balaban J connectivity index is 2.69. The van der Waals surface area contributed by atoms with E-state index in [9.17, 15) is 4.79 Å². The Bertz CT molecular complexity index is 676. The van der Waals surface area contributed by atoms with E-state index in [-0.39, 0.29) is 5.43 Å². The summed E-state index contributed by atoms with van der Waals surface area (Å²) in [6, 6.07) is 9.03. The quantitative estimate of drug-likeness (QED) is 0.568. The van der Waals surface area contributed by atoms with Gasteiger partial charge in [0.25, 0.3) is 0 Å². The number of nitrogens with zero attached hydrogens (tertiary/aromatic N) is 2. The highest BCUT2D eigenvalue weighted by atomic mass is 16.1. The average Bonchev–Trinajstić information content (AvgIpc) is 2.49. The van der Waals surface area contributed by atoms with Crippen molar-refractivity contribution in [3.8, 4) is 0 Å². The maximum absolute atomic E-state index is 12.2. The van der Waals surface area contributed by atoms with Gasteiger partial charge in [0, 0.05) is 34.7 Å². The Labute approximate surface area is 91.4 Å². The molecule has 0 N–H and O–H groups in total. The zero-order valence-corrected chi connectivity index (χ0v) is 8.42. The van der Waals surface area contributed by atoms with Crippen LogP contribution in [-0.4, -0.2) is 9.97 Å². The molecule has 0 saturated carbocycles. The molecule has 0 aliphatic rings. The summed E-state index contributed by atoms with van der Waals surface area (Å²) in [5, 5.41) is 2.16. The Kier molecular flexibility index (Phi) is 1.90. The summed E-state index contributed by atoms with van der Waals surface area (Å²) in [4.78, 5) is 20.4. The van der Waals surface area contributed by atoms with E-state index >= 15 is 0 Å². The van der Waals surface area contributed by atoms with Crippen molar-refractivity contribution in [1.82, 2.24) is 9.97 Å². The van der Waals surface area contributed by atoms with Gasteiger partial charge in [0.2, 0.25) is 0 Å². The minimum atomic E-state index is 0.00509.